The number of nitrogens with zero attached hydrogens (tertiary/aromatic N) is 3. The molecule has 2 heterocycles. The average Bonchev–Trinajstić information content (AvgIpc) is 3.12. The second-order valence-corrected chi connectivity index (χ2v) is 6.54. The molecule has 1 aliphatic rings. The van der Waals surface area contributed by atoms with Gasteiger partial charge in [0.2, 0.25) is 0 Å². The molecular formula is C17H21Cl2FN4O. The van der Waals surface area contributed by atoms with Gasteiger partial charge in [0.1, 0.15) is 11.4 Å². The summed E-state index contributed by atoms with van der Waals surface area (Å²) in [6.07, 6.45) is 4.87. The monoisotopic (exact) mass is 386 g/mol. The van der Waals surface area contributed by atoms with E-state index in [9.17, 15) is 9.18 Å². The minimum absolute atomic E-state index is 0. The Hall–Kier alpha value is -1.63. The van der Waals surface area contributed by atoms with Crippen LogP contribution in [0.3, 0.4) is 0 Å². The molecule has 1 amide bonds. The van der Waals surface area contributed by atoms with E-state index in [0.29, 0.717) is 24.4 Å². The number of benzene rings is 1. The summed E-state index contributed by atoms with van der Waals surface area (Å²) in [5.74, 6) is -0.391. The minimum Gasteiger partial charge on any atom is -0.339 e. The van der Waals surface area contributed by atoms with Gasteiger partial charge in [-0.2, -0.15) is 5.10 Å². The largest absolute Gasteiger partial charge is 0.339 e. The zero-order valence-electron chi connectivity index (χ0n) is 13.9. The Morgan fingerprint density at radius 1 is 1.44 bits per heavy atom. The van der Waals surface area contributed by atoms with Crippen LogP contribution in [-0.4, -0.2) is 40.7 Å². The van der Waals surface area contributed by atoms with Crippen molar-refractivity contribution in [1.29, 1.82) is 0 Å². The van der Waals surface area contributed by atoms with Crippen molar-refractivity contribution < 1.29 is 9.18 Å². The van der Waals surface area contributed by atoms with Crippen LogP contribution >= 0.6 is 24.0 Å². The third-order valence-corrected chi connectivity index (χ3v) is 4.89. The van der Waals surface area contributed by atoms with Crippen LogP contribution in [0.15, 0.2) is 36.7 Å². The molecule has 0 bridgehead atoms. The molecule has 1 N–H and O–H groups in total. The van der Waals surface area contributed by atoms with Crippen molar-refractivity contribution in [2.24, 2.45) is 0 Å². The molecule has 2 aromatic rings. The van der Waals surface area contributed by atoms with E-state index in [4.69, 9.17) is 11.6 Å². The number of carbonyl (C=O) groups excluding carboxylic acids is 1. The fraction of sp³-hybridized carbons (Fsp3) is 0.412. The third-order valence-electron chi connectivity index (χ3n) is 4.54. The average molecular weight is 387 g/mol. The standard InChI is InChI=1S/C17H20ClFN4O.ClH/c1-22(12-13-3-4-14(19)11-15(13)18)16(24)17(5-8-20-9-6-17)23-10-2-7-21-23;/h2-4,7,10-11,20H,5-6,8-9,12H2,1H3;1H. The highest BCUT2D eigenvalue weighted by Crippen LogP contribution is 2.30. The summed E-state index contributed by atoms with van der Waals surface area (Å²) in [5, 5.41) is 7.93. The SMILES string of the molecule is CN(Cc1ccc(F)cc1Cl)C(=O)C1(n2cccn2)CCNCC1.Cl. The molecule has 1 aromatic heterocycles. The van der Waals surface area contributed by atoms with Crippen molar-refractivity contribution in [3.63, 3.8) is 0 Å². The fourth-order valence-electron chi connectivity index (χ4n) is 3.24. The van der Waals surface area contributed by atoms with Gasteiger partial charge in [-0.3, -0.25) is 9.48 Å². The molecule has 0 unspecified atom stereocenters. The van der Waals surface area contributed by atoms with Crippen LogP contribution in [0, 0.1) is 5.82 Å². The van der Waals surface area contributed by atoms with Crippen LogP contribution in [0.5, 0.6) is 0 Å². The summed E-state index contributed by atoms with van der Waals surface area (Å²) in [5.41, 5.74) is 0.0363. The number of aromatic nitrogens is 2. The van der Waals surface area contributed by atoms with Crippen molar-refractivity contribution in [2.75, 3.05) is 20.1 Å². The summed E-state index contributed by atoms with van der Waals surface area (Å²) in [4.78, 5) is 14.9. The number of rotatable bonds is 4. The first kappa shape index (κ1) is 19.7. The first-order valence-electron chi connectivity index (χ1n) is 7.93. The van der Waals surface area contributed by atoms with Crippen LogP contribution < -0.4 is 5.32 Å². The molecule has 5 nitrogen and oxygen atoms in total. The van der Waals surface area contributed by atoms with Gasteiger partial charge in [0, 0.05) is 31.0 Å². The summed E-state index contributed by atoms with van der Waals surface area (Å²) >= 11 is 6.09. The summed E-state index contributed by atoms with van der Waals surface area (Å²) < 4.78 is 15.0. The van der Waals surface area contributed by atoms with Crippen molar-refractivity contribution >= 4 is 29.9 Å². The van der Waals surface area contributed by atoms with E-state index in [2.05, 4.69) is 10.4 Å². The maximum absolute atomic E-state index is 13.2. The lowest BCUT2D eigenvalue weighted by molar-refractivity contribution is -0.142. The maximum atomic E-state index is 13.2. The van der Waals surface area contributed by atoms with Crippen molar-refractivity contribution in [3.05, 3.63) is 53.1 Å². The van der Waals surface area contributed by atoms with E-state index in [0.717, 1.165) is 18.7 Å². The second kappa shape index (κ2) is 8.17. The molecule has 0 saturated carbocycles. The maximum Gasteiger partial charge on any atom is 0.250 e. The fourth-order valence-corrected chi connectivity index (χ4v) is 3.46. The van der Waals surface area contributed by atoms with E-state index < -0.39 is 5.54 Å². The predicted octanol–water partition coefficient (Wildman–Crippen LogP) is 2.83. The Balaban J connectivity index is 0.00000225. The summed E-state index contributed by atoms with van der Waals surface area (Å²) in [6, 6.07) is 6.06. The van der Waals surface area contributed by atoms with Crippen LogP contribution in [0.25, 0.3) is 0 Å². The van der Waals surface area contributed by atoms with Gasteiger partial charge >= 0.3 is 0 Å². The number of amides is 1. The van der Waals surface area contributed by atoms with E-state index in [1.807, 2.05) is 12.3 Å². The van der Waals surface area contributed by atoms with E-state index in [1.54, 1.807) is 28.9 Å². The van der Waals surface area contributed by atoms with Crippen molar-refractivity contribution in [1.82, 2.24) is 20.0 Å². The lowest BCUT2D eigenvalue weighted by Gasteiger charge is -2.39. The predicted molar refractivity (Wildman–Crippen MR) is 97.4 cm³/mol. The highest BCUT2D eigenvalue weighted by molar-refractivity contribution is 6.31. The third kappa shape index (κ3) is 3.97. The second-order valence-electron chi connectivity index (χ2n) is 6.13. The Labute approximate surface area is 157 Å². The molecule has 1 aromatic carbocycles. The van der Waals surface area contributed by atoms with Gasteiger partial charge in [-0.15, -0.1) is 12.4 Å². The van der Waals surface area contributed by atoms with E-state index in [1.165, 1.54) is 12.1 Å². The first-order chi connectivity index (χ1) is 11.5. The van der Waals surface area contributed by atoms with Gasteiger partial charge in [0.05, 0.1) is 0 Å². The van der Waals surface area contributed by atoms with Gasteiger partial charge in [-0.05, 0) is 49.7 Å². The van der Waals surface area contributed by atoms with Gasteiger partial charge in [-0.1, -0.05) is 17.7 Å². The molecule has 1 fully saturated rings. The molecule has 1 aliphatic heterocycles. The molecule has 8 heteroatoms. The number of hydrogen-bond donors (Lipinski definition) is 1. The minimum atomic E-state index is -0.685. The van der Waals surface area contributed by atoms with Crippen LogP contribution in [0.4, 0.5) is 4.39 Å². The van der Waals surface area contributed by atoms with Gasteiger partial charge in [0.25, 0.3) is 5.91 Å². The highest BCUT2D eigenvalue weighted by atomic mass is 35.5. The summed E-state index contributed by atoms with van der Waals surface area (Å²) in [7, 11) is 1.75. The smallest absolute Gasteiger partial charge is 0.250 e. The number of likely N-dealkylation sites (N-methyl/N-ethyl adjacent to an activating group) is 1. The number of nitrogens with one attached hydrogen (secondary N) is 1. The molecule has 0 spiro atoms. The van der Waals surface area contributed by atoms with Crippen LogP contribution in [0.2, 0.25) is 5.02 Å². The van der Waals surface area contributed by atoms with Gasteiger partial charge in [0.15, 0.2) is 0 Å². The lowest BCUT2D eigenvalue weighted by atomic mass is 9.86. The zero-order valence-corrected chi connectivity index (χ0v) is 15.5. The van der Waals surface area contributed by atoms with Gasteiger partial charge < -0.3 is 10.2 Å². The van der Waals surface area contributed by atoms with E-state index >= 15 is 0 Å². The number of hydrogen-bond acceptors (Lipinski definition) is 3. The quantitative estimate of drug-likeness (QED) is 0.878. The summed E-state index contributed by atoms with van der Waals surface area (Å²) in [6.45, 7) is 1.85. The Bertz CT molecular complexity index is 717. The Kier molecular flexibility index (Phi) is 6.43. The topological polar surface area (TPSA) is 50.2 Å². The zero-order chi connectivity index (χ0) is 17.2. The molecule has 136 valence electrons. The van der Waals surface area contributed by atoms with Crippen molar-refractivity contribution in [2.45, 2.75) is 24.9 Å². The lowest BCUT2D eigenvalue weighted by Crippen LogP contribution is -2.54. The number of carbonyl (C=O) groups is 1. The number of halogens is 3. The van der Waals surface area contributed by atoms with Crippen LogP contribution in [0.1, 0.15) is 18.4 Å². The molecule has 25 heavy (non-hydrogen) atoms. The first-order valence-corrected chi connectivity index (χ1v) is 8.31. The molecule has 0 radical (unpaired) electrons. The molecule has 0 atom stereocenters. The molecule has 1 saturated heterocycles. The highest BCUT2D eigenvalue weighted by Gasteiger charge is 2.43. The molecule has 3 rings (SSSR count). The van der Waals surface area contributed by atoms with E-state index in [-0.39, 0.29) is 24.1 Å². The molecular weight excluding hydrogens is 366 g/mol. The van der Waals surface area contributed by atoms with Crippen LogP contribution in [-0.2, 0) is 16.9 Å². The number of piperidine rings is 1. The van der Waals surface area contributed by atoms with Crippen molar-refractivity contribution in [3.8, 4) is 0 Å². The normalized spacial score (nSPS) is 16.1. The Morgan fingerprint density at radius 3 is 2.76 bits per heavy atom. The Morgan fingerprint density at radius 2 is 2.16 bits per heavy atom. The van der Waals surface area contributed by atoms with Gasteiger partial charge in [-0.25, -0.2) is 4.39 Å². The molecule has 0 aliphatic carbocycles.